The molecule has 0 aliphatic rings. The minimum atomic E-state index is 0.553. The summed E-state index contributed by atoms with van der Waals surface area (Å²) < 4.78 is 2.23. The van der Waals surface area contributed by atoms with Crippen LogP contribution in [0, 0.1) is 4.77 Å². The molecule has 7 heteroatoms. The second-order valence-corrected chi connectivity index (χ2v) is 2.97. The Labute approximate surface area is 76.6 Å². The molecule has 0 atom stereocenters. The van der Waals surface area contributed by atoms with E-state index in [0.29, 0.717) is 10.4 Å². The molecule has 2 N–H and O–H groups in total. The number of hydrogen-bond donors (Lipinski definition) is 2. The van der Waals surface area contributed by atoms with Crippen LogP contribution in [0.2, 0.25) is 0 Å². The summed E-state index contributed by atoms with van der Waals surface area (Å²) in [7, 11) is 0. The minimum Gasteiger partial charge on any atom is -0.331 e. The first kappa shape index (κ1) is 6.72. The van der Waals surface area contributed by atoms with Crippen molar-refractivity contribution in [2.24, 2.45) is 0 Å². The fraction of sp³-hybridized carbons (Fsp3) is 0. The van der Waals surface area contributed by atoms with Crippen LogP contribution in [0.4, 0.5) is 0 Å². The normalized spacial score (nSPS) is 11.4. The summed E-state index contributed by atoms with van der Waals surface area (Å²) >= 11 is 5.08. The van der Waals surface area contributed by atoms with Gasteiger partial charge in [0.15, 0.2) is 15.9 Å². The smallest absolute Gasteiger partial charge is 0.192 e. The number of nitrogens with one attached hydrogen (secondary N) is 2. The van der Waals surface area contributed by atoms with E-state index in [-0.39, 0.29) is 0 Å². The van der Waals surface area contributed by atoms with Gasteiger partial charge in [-0.3, -0.25) is 4.40 Å². The number of aromatic nitrogens is 6. The van der Waals surface area contributed by atoms with Crippen LogP contribution in [0.25, 0.3) is 16.8 Å². The first-order chi connectivity index (χ1) is 6.36. The third-order valence-corrected chi connectivity index (χ3v) is 2.15. The molecule has 0 fully saturated rings. The van der Waals surface area contributed by atoms with Crippen LogP contribution < -0.4 is 0 Å². The number of hydrogen-bond acceptors (Lipinski definition) is 4. The van der Waals surface area contributed by atoms with E-state index in [0.717, 1.165) is 11.2 Å². The molecule has 6 nitrogen and oxygen atoms in total. The Bertz CT molecular complexity index is 631. The Morgan fingerprint density at radius 2 is 2.38 bits per heavy atom. The van der Waals surface area contributed by atoms with Crippen LogP contribution in [0.5, 0.6) is 0 Å². The fourth-order valence-electron chi connectivity index (χ4n) is 1.27. The molecular weight excluding hydrogens is 188 g/mol. The van der Waals surface area contributed by atoms with Crippen molar-refractivity contribution in [2.45, 2.75) is 0 Å². The molecule has 0 spiro atoms. The van der Waals surface area contributed by atoms with E-state index in [1.165, 1.54) is 0 Å². The molecule has 3 rings (SSSR count). The lowest BCUT2D eigenvalue weighted by Gasteiger charge is -1.92. The molecule has 64 valence electrons. The van der Waals surface area contributed by atoms with Crippen LogP contribution in [-0.2, 0) is 0 Å². The topological polar surface area (TPSA) is 74.7 Å². The van der Waals surface area contributed by atoms with Crippen LogP contribution >= 0.6 is 12.2 Å². The standard InChI is InChI=1S/C6H4N6S/c13-6-10-4-3(7-1-8-4)5-11-9-2-12(5)6/h1-2H,(H,7,8)(H,10,13). The van der Waals surface area contributed by atoms with Gasteiger partial charge >= 0.3 is 0 Å². The number of nitrogens with zero attached hydrogens (tertiary/aromatic N) is 4. The Balaban J connectivity index is 2.79. The molecule has 3 heterocycles. The predicted molar refractivity (Wildman–Crippen MR) is 47.8 cm³/mol. The highest BCUT2D eigenvalue weighted by molar-refractivity contribution is 7.71. The van der Waals surface area contributed by atoms with Crippen LogP contribution in [0.3, 0.4) is 0 Å². The zero-order chi connectivity index (χ0) is 8.84. The summed E-state index contributed by atoms with van der Waals surface area (Å²) in [4.78, 5) is 10.0. The SMILES string of the molecule is S=c1[nH]c2[nH]cnc2c2nncn12. The zero-order valence-electron chi connectivity index (χ0n) is 6.35. The van der Waals surface area contributed by atoms with E-state index in [4.69, 9.17) is 12.2 Å². The molecule has 0 unspecified atom stereocenters. The van der Waals surface area contributed by atoms with E-state index in [1.807, 2.05) is 0 Å². The zero-order valence-corrected chi connectivity index (χ0v) is 7.17. The molecule has 0 aromatic carbocycles. The van der Waals surface area contributed by atoms with Gasteiger partial charge in [0.25, 0.3) is 0 Å². The minimum absolute atomic E-state index is 0.553. The van der Waals surface area contributed by atoms with E-state index in [2.05, 4.69) is 25.1 Å². The van der Waals surface area contributed by atoms with Crippen molar-refractivity contribution in [3.63, 3.8) is 0 Å². The number of aromatic amines is 2. The van der Waals surface area contributed by atoms with Gasteiger partial charge in [-0.15, -0.1) is 10.2 Å². The molecule has 0 amide bonds. The van der Waals surface area contributed by atoms with Gasteiger partial charge in [-0.25, -0.2) is 4.98 Å². The molecule has 13 heavy (non-hydrogen) atoms. The highest BCUT2D eigenvalue weighted by Gasteiger charge is 2.05. The van der Waals surface area contributed by atoms with Crippen molar-refractivity contribution in [2.75, 3.05) is 0 Å². The monoisotopic (exact) mass is 192 g/mol. The van der Waals surface area contributed by atoms with Gasteiger partial charge in [-0.05, 0) is 12.2 Å². The lowest BCUT2D eigenvalue weighted by molar-refractivity contribution is 1.06. The largest absolute Gasteiger partial charge is 0.331 e. The van der Waals surface area contributed by atoms with Gasteiger partial charge < -0.3 is 9.97 Å². The molecule has 0 saturated carbocycles. The average Bonchev–Trinajstić information content (AvgIpc) is 2.66. The Kier molecular flexibility index (Phi) is 1.10. The number of rotatable bonds is 0. The van der Waals surface area contributed by atoms with E-state index < -0.39 is 0 Å². The second-order valence-electron chi connectivity index (χ2n) is 2.58. The third-order valence-electron chi connectivity index (χ3n) is 1.85. The molecular formula is C6H4N6S. The van der Waals surface area contributed by atoms with Gasteiger partial charge in [0.1, 0.15) is 12.0 Å². The molecule has 3 aromatic rings. The van der Waals surface area contributed by atoms with Gasteiger partial charge in [0, 0.05) is 0 Å². The lowest BCUT2D eigenvalue weighted by atomic mass is 10.5. The van der Waals surface area contributed by atoms with Crippen molar-refractivity contribution in [3.05, 3.63) is 17.4 Å². The summed E-state index contributed by atoms with van der Waals surface area (Å²) in [6, 6.07) is 0. The second kappa shape index (κ2) is 2.13. The predicted octanol–water partition coefficient (Wildman–Crippen LogP) is 0.663. The van der Waals surface area contributed by atoms with Crippen molar-refractivity contribution >= 4 is 29.0 Å². The van der Waals surface area contributed by atoms with Crippen molar-refractivity contribution in [3.8, 4) is 0 Å². The van der Waals surface area contributed by atoms with Gasteiger partial charge in [0.2, 0.25) is 0 Å². The molecule has 0 aliphatic heterocycles. The third kappa shape index (κ3) is 0.760. The van der Waals surface area contributed by atoms with Crippen molar-refractivity contribution in [1.29, 1.82) is 0 Å². The summed E-state index contributed by atoms with van der Waals surface area (Å²) in [5.74, 6) is 0. The van der Waals surface area contributed by atoms with Gasteiger partial charge in [0.05, 0.1) is 6.33 Å². The Morgan fingerprint density at radius 3 is 3.31 bits per heavy atom. The van der Waals surface area contributed by atoms with Crippen LogP contribution in [0.1, 0.15) is 0 Å². The summed E-state index contributed by atoms with van der Waals surface area (Å²) in [6.45, 7) is 0. The number of H-pyrrole nitrogens is 2. The highest BCUT2D eigenvalue weighted by atomic mass is 32.1. The summed E-state index contributed by atoms with van der Waals surface area (Å²) in [5.41, 5.74) is 2.18. The number of fused-ring (bicyclic) bond motifs is 3. The maximum atomic E-state index is 5.08. The molecule has 0 radical (unpaired) electrons. The van der Waals surface area contributed by atoms with Gasteiger partial charge in [-0.1, -0.05) is 0 Å². The molecule has 0 bridgehead atoms. The van der Waals surface area contributed by atoms with E-state index in [1.54, 1.807) is 17.1 Å². The Morgan fingerprint density at radius 1 is 1.46 bits per heavy atom. The maximum Gasteiger partial charge on any atom is 0.192 e. The maximum absolute atomic E-state index is 5.08. The van der Waals surface area contributed by atoms with Crippen molar-refractivity contribution in [1.82, 2.24) is 29.5 Å². The average molecular weight is 192 g/mol. The van der Waals surface area contributed by atoms with Crippen molar-refractivity contribution < 1.29 is 0 Å². The van der Waals surface area contributed by atoms with E-state index >= 15 is 0 Å². The van der Waals surface area contributed by atoms with Crippen LogP contribution in [0.15, 0.2) is 12.7 Å². The summed E-state index contributed by atoms with van der Waals surface area (Å²) in [5, 5.41) is 7.69. The quantitative estimate of drug-likeness (QED) is 0.513. The molecule has 0 aliphatic carbocycles. The van der Waals surface area contributed by atoms with E-state index in [9.17, 15) is 0 Å². The van der Waals surface area contributed by atoms with Gasteiger partial charge in [-0.2, -0.15) is 0 Å². The first-order valence-electron chi connectivity index (χ1n) is 3.61. The summed E-state index contributed by atoms with van der Waals surface area (Å²) in [6.07, 6.45) is 3.15. The highest BCUT2D eigenvalue weighted by Crippen LogP contribution is 2.11. The molecule has 0 saturated heterocycles. The first-order valence-corrected chi connectivity index (χ1v) is 4.02. The molecule has 3 aromatic heterocycles. The Hall–Kier alpha value is -1.76. The van der Waals surface area contributed by atoms with Crippen LogP contribution in [-0.4, -0.2) is 29.5 Å². The number of imidazole rings is 1. The lowest BCUT2D eigenvalue weighted by Crippen LogP contribution is -1.90. The fourth-order valence-corrected chi connectivity index (χ4v) is 1.51.